The van der Waals surface area contributed by atoms with E-state index in [2.05, 4.69) is 20.7 Å². The fourth-order valence-electron chi connectivity index (χ4n) is 1.53. The summed E-state index contributed by atoms with van der Waals surface area (Å²) in [4.78, 5) is 24.0. The maximum absolute atomic E-state index is 11.3. The second-order valence-corrected chi connectivity index (χ2v) is 3.48. The number of ketones is 1. The van der Waals surface area contributed by atoms with E-state index in [1.54, 1.807) is 0 Å². The molecule has 1 saturated heterocycles. The van der Waals surface area contributed by atoms with Crippen LogP contribution < -0.4 is 0 Å². The minimum atomic E-state index is -0.406. The molecule has 1 rings (SSSR count). The minimum absolute atomic E-state index is 0.0444. The summed E-state index contributed by atoms with van der Waals surface area (Å²) in [7, 11) is 1.33. The molecule has 0 N–H and O–H groups in total. The zero-order valence-electron chi connectivity index (χ0n) is 7.46. The van der Waals surface area contributed by atoms with E-state index >= 15 is 0 Å². The monoisotopic (exact) mass is 249 g/mol. The lowest BCUT2D eigenvalue weighted by Crippen LogP contribution is -2.40. The Hall–Kier alpha value is -0.580. The number of carbonyl (C=O) groups is 2. The fourth-order valence-corrected chi connectivity index (χ4v) is 1.90. The van der Waals surface area contributed by atoms with Gasteiger partial charge in [-0.2, -0.15) is 0 Å². The van der Waals surface area contributed by atoms with Gasteiger partial charge in [0.05, 0.1) is 18.5 Å². The van der Waals surface area contributed by atoms with Crippen molar-refractivity contribution in [1.82, 2.24) is 4.90 Å². The van der Waals surface area contributed by atoms with Crippen molar-refractivity contribution in [1.29, 1.82) is 0 Å². The lowest BCUT2D eigenvalue weighted by molar-refractivity contribution is -0.120. The fraction of sp³-hybridized carbons (Fsp3) is 0.750. The third-order valence-corrected chi connectivity index (χ3v) is 2.72. The number of likely N-dealkylation sites (tertiary alicyclic amines) is 1. The molecule has 0 saturated carbocycles. The number of ether oxygens (including phenoxy) is 1. The topological polar surface area (TPSA) is 46.6 Å². The Bertz CT molecular complexity index is 197. The van der Waals surface area contributed by atoms with Gasteiger partial charge in [-0.25, -0.2) is 4.79 Å². The van der Waals surface area contributed by atoms with Gasteiger partial charge in [-0.05, 0) is 12.8 Å². The first-order valence-corrected chi connectivity index (χ1v) is 5.26. The number of hydrogen-bond acceptors (Lipinski definition) is 3. The smallest absolute Gasteiger partial charge is 0.410 e. The Morgan fingerprint density at radius 1 is 1.62 bits per heavy atom. The largest absolute Gasteiger partial charge is 0.453 e. The van der Waals surface area contributed by atoms with Gasteiger partial charge < -0.3 is 4.74 Å². The first-order valence-electron chi connectivity index (χ1n) is 4.14. The number of hydrogen-bond donors (Lipinski definition) is 0. The number of Topliss-reactive ketones (excluding diaryl/α,β-unsaturated/α-hetero) is 1. The minimum Gasteiger partial charge on any atom is -0.453 e. The van der Waals surface area contributed by atoms with Crippen LogP contribution in [0.1, 0.15) is 12.8 Å². The average Bonchev–Trinajstić information content (AvgIpc) is 2.63. The van der Waals surface area contributed by atoms with E-state index in [9.17, 15) is 9.59 Å². The van der Waals surface area contributed by atoms with E-state index in [4.69, 9.17) is 0 Å². The third kappa shape index (κ3) is 2.21. The summed E-state index contributed by atoms with van der Waals surface area (Å²) in [6, 6.07) is -0.285. The van der Waals surface area contributed by atoms with Gasteiger partial charge in [-0.15, -0.1) is 0 Å². The van der Waals surface area contributed by atoms with Gasteiger partial charge in [-0.3, -0.25) is 9.69 Å². The van der Waals surface area contributed by atoms with Crippen molar-refractivity contribution < 1.29 is 14.3 Å². The predicted octanol–water partition coefficient (Wildman–Crippen LogP) is 1.18. The highest BCUT2D eigenvalue weighted by atomic mass is 79.9. The number of rotatable bonds is 2. The molecule has 1 aliphatic rings. The Balaban J connectivity index is 2.63. The normalized spacial score (nSPS) is 21.7. The SMILES string of the molecule is COC(=O)N1CCC[C@H]1C(=O)CBr. The van der Waals surface area contributed by atoms with E-state index in [0.717, 1.165) is 12.8 Å². The summed E-state index contributed by atoms with van der Waals surface area (Å²) in [5.74, 6) is 0.0444. The average molecular weight is 250 g/mol. The first-order chi connectivity index (χ1) is 6.20. The molecule has 0 bridgehead atoms. The number of alkyl halides is 1. The van der Waals surface area contributed by atoms with Gasteiger partial charge >= 0.3 is 6.09 Å². The molecule has 1 fully saturated rings. The lowest BCUT2D eigenvalue weighted by Gasteiger charge is -2.21. The van der Waals surface area contributed by atoms with Crippen LogP contribution >= 0.6 is 15.9 Å². The molecule has 0 aromatic carbocycles. The van der Waals surface area contributed by atoms with Crippen LogP contribution in [-0.4, -0.2) is 41.8 Å². The van der Waals surface area contributed by atoms with Gasteiger partial charge in [0, 0.05) is 6.54 Å². The van der Waals surface area contributed by atoms with E-state index < -0.39 is 6.09 Å². The number of amides is 1. The van der Waals surface area contributed by atoms with Gasteiger partial charge in [0.15, 0.2) is 5.78 Å². The van der Waals surface area contributed by atoms with Crippen molar-refractivity contribution in [3.63, 3.8) is 0 Å². The highest BCUT2D eigenvalue weighted by Gasteiger charge is 2.33. The maximum atomic E-state index is 11.3. The van der Waals surface area contributed by atoms with Crippen LogP contribution in [0.15, 0.2) is 0 Å². The number of halogens is 1. The van der Waals surface area contributed by atoms with E-state index in [-0.39, 0.29) is 11.8 Å². The van der Waals surface area contributed by atoms with Crippen molar-refractivity contribution in [3.8, 4) is 0 Å². The van der Waals surface area contributed by atoms with Crippen LogP contribution in [0.5, 0.6) is 0 Å². The maximum Gasteiger partial charge on any atom is 0.410 e. The second-order valence-electron chi connectivity index (χ2n) is 2.92. The summed E-state index contributed by atoms with van der Waals surface area (Å²) in [6.45, 7) is 0.621. The van der Waals surface area contributed by atoms with Crippen LogP contribution in [0.4, 0.5) is 4.79 Å². The lowest BCUT2D eigenvalue weighted by atomic mass is 10.1. The summed E-state index contributed by atoms with van der Waals surface area (Å²) < 4.78 is 4.58. The molecule has 0 radical (unpaired) electrons. The zero-order valence-corrected chi connectivity index (χ0v) is 9.04. The highest BCUT2D eigenvalue weighted by molar-refractivity contribution is 9.09. The molecule has 1 heterocycles. The zero-order chi connectivity index (χ0) is 9.84. The van der Waals surface area contributed by atoms with E-state index in [1.165, 1.54) is 12.0 Å². The molecule has 0 spiro atoms. The molecular weight excluding hydrogens is 238 g/mol. The number of carbonyl (C=O) groups excluding carboxylic acids is 2. The Kier molecular flexibility index (Phi) is 3.71. The molecule has 0 unspecified atom stereocenters. The Morgan fingerprint density at radius 3 is 2.85 bits per heavy atom. The predicted molar refractivity (Wildman–Crippen MR) is 50.9 cm³/mol. The summed E-state index contributed by atoms with van der Waals surface area (Å²) in [5.41, 5.74) is 0. The van der Waals surface area contributed by atoms with Crippen molar-refractivity contribution in [2.24, 2.45) is 0 Å². The van der Waals surface area contributed by atoms with Crippen molar-refractivity contribution in [3.05, 3.63) is 0 Å². The third-order valence-electron chi connectivity index (χ3n) is 2.17. The summed E-state index contributed by atoms with van der Waals surface area (Å²) in [6.07, 6.45) is 1.22. The van der Waals surface area contributed by atoms with Crippen molar-refractivity contribution in [2.45, 2.75) is 18.9 Å². The highest BCUT2D eigenvalue weighted by Crippen LogP contribution is 2.19. The number of nitrogens with zero attached hydrogens (tertiary/aromatic N) is 1. The molecule has 1 atom stereocenters. The Morgan fingerprint density at radius 2 is 2.31 bits per heavy atom. The van der Waals surface area contributed by atoms with Gasteiger partial charge in [-0.1, -0.05) is 15.9 Å². The molecule has 1 aliphatic heterocycles. The van der Waals surface area contributed by atoms with Crippen LogP contribution in [0.2, 0.25) is 0 Å². The molecule has 0 aromatic rings. The van der Waals surface area contributed by atoms with Gasteiger partial charge in [0.1, 0.15) is 0 Å². The first kappa shape index (κ1) is 10.5. The van der Waals surface area contributed by atoms with Crippen LogP contribution in [0.25, 0.3) is 0 Å². The van der Waals surface area contributed by atoms with E-state index in [1.807, 2.05) is 0 Å². The summed E-state index contributed by atoms with van der Waals surface area (Å²) in [5, 5.41) is 0.297. The number of methoxy groups -OCH3 is 1. The molecule has 13 heavy (non-hydrogen) atoms. The van der Waals surface area contributed by atoms with Crippen LogP contribution in [0, 0.1) is 0 Å². The Labute approximate surface area is 85.4 Å². The molecule has 5 heteroatoms. The molecule has 0 aliphatic carbocycles. The van der Waals surface area contributed by atoms with Crippen LogP contribution in [0.3, 0.4) is 0 Å². The molecule has 0 aromatic heterocycles. The molecule has 4 nitrogen and oxygen atoms in total. The van der Waals surface area contributed by atoms with E-state index in [0.29, 0.717) is 11.9 Å². The van der Waals surface area contributed by atoms with Crippen molar-refractivity contribution >= 4 is 27.8 Å². The summed E-state index contributed by atoms with van der Waals surface area (Å²) >= 11 is 3.10. The van der Waals surface area contributed by atoms with Gasteiger partial charge in [0.2, 0.25) is 0 Å². The van der Waals surface area contributed by atoms with Crippen LogP contribution in [-0.2, 0) is 9.53 Å². The van der Waals surface area contributed by atoms with Crippen molar-refractivity contribution in [2.75, 3.05) is 19.0 Å². The standard InChI is InChI=1S/C8H12BrNO3/c1-13-8(12)10-4-2-3-6(10)7(11)5-9/h6H,2-5H2,1H3/t6-/m0/s1. The molecule has 1 amide bonds. The quantitative estimate of drug-likeness (QED) is 0.691. The second kappa shape index (κ2) is 4.60. The molecule has 74 valence electrons. The van der Waals surface area contributed by atoms with Gasteiger partial charge in [0.25, 0.3) is 0 Å². The molecular formula is C8H12BrNO3.